The van der Waals surface area contributed by atoms with Gasteiger partial charge in [0.1, 0.15) is 17.6 Å². The van der Waals surface area contributed by atoms with Crippen LogP contribution in [-0.4, -0.2) is 98.7 Å². The quantitative estimate of drug-likeness (QED) is 0.215. The Hall–Kier alpha value is -3.52. The number of aliphatic hydroxyl groups excluding tert-OH is 2. The molecule has 0 aromatic heterocycles. The summed E-state index contributed by atoms with van der Waals surface area (Å²) in [6.45, 7) is 5.33. The lowest BCUT2D eigenvalue weighted by Crippen LogP contribution is -2.69. The fourth-order valence-electron chi connectivity index (χ4n) is 7.59. The number of nitrogens with zero attached hydrogens (tertiary/aromatic N) is 1. The van der Waals surface area contributed by atoms with Crippen molar-refractivity contribution in [1.29, 1.82) is 0 Å². The highest BCUT2D eigenvalue weighted by Crippen LogP contribution is 2.64. The van der Waals surface area contributed by atoms with Crippen LogP contribution in [0.25, 0.3) is 0 Å². The Labute approximate surface area is 261 Å². The predicted molar refractivity (Wildman–Crippen MR) is 157 cm³/mol. The molecule has 4 aliphatic rings. The van der Waals surface area contributed by atoms with Crippen LogP contribution in [0, 0.1) is 5.92 Å². The Morgan fingerprint density at radius 2 is 1.93 bits per heavy atom. The molecule has 2 aliphatic carbocycles. The average molecular weight is 631 g/mol. The minimum Gasteiger partial charge on any atom is -0.481 e. The number of nitrogens with one attached hydrogen (secondary N) is 1. The van der Waals surface area contributed by atoms with Gasteiger partial charge in [-0.05, 0) is 63.8 Å². The first-order valence-electron chi connectivity index (χ1n) is 15.4. The standard InChI is InChI=1S/C32H42N2O11/c1-16(2)12-20(29(39)40)33-28(38)17(3)43-24(37)14-21(36)30(41)44-22-8-10-32(42)23-13-18-6-7-19(15-35)26-25(18)31(32,27(22)45-26)9-5-11-34(23)4/h6-8,16-17,20-21,23,27,35-36,42H,5,9-15H2,1-4H3,(H,33,38)(H,39,40)/t17-,20-,21-,23+,27-,31-,32+/m0/s1. The number of esters is 2. The molecule has 13 nitrogen and oxygen atoms in total. The van der Waals surface area contributed by atoms with E-state index in [9.17, 15) is 39.6 Å². The summed E-state index contributed by atoms with van der Waals surface area (Å²) >= 11 is 0. The highest BCUT2D eigenvalue weighted by Gasteiger charge is 2.70. The van der Waals surface area contributed by atoms with Crippen molar-refractivity contribution in [1.82, 2.24) is 10.2 Å². The van der Waals surface area contributed by atoms with Crippen LogP contribution in [0.5, 0.6) is 5.75 Å². The van der Waals surface area contributed by atoms with E-state index in [1.54, 1.807) is 26.0 Å². The number of carboxylic acid groups (broad SMARTS) is 1. The van der Waals surface area contributed by atoms with Crippen molar-refractivity contribution in [2.24, 2.45) is 5.92 Å². The maximum Gasteiger partial charge on any atom is 0.340 e. The van der Waals surface area contributed by atoms with Gasteiger partial charge in [-0.3, -0.25) is 9.59 Å². The molecule has 13 heteroatoms. The lowest BCUT2D eigenvalue weighted by molar-refractivity contribution is -0.165. The van der Waals surface area contributed by atoms with Gasteiger partial charge in [0.15, 0.2) is 18.3 Å². The number of rotatable bonds is 11. The van der Waals surface area contributed by atoms with E-state index in [1.807, 2.05) is 13.1 Å². The van der Waals surface area contributed by atoms with Gasteiger partial charge < -0.3 is 44.9 Å². The Kier molecular flexibility index (Phi) is 9.02. The number of carboxylic acids is 1. The molecule has 246 valence electrons. The molecule has 7 atom stereocenters. The maximum atomic E-state index is 13.1. The first kappa shape index (κ1) is 32.9. The molecule has 1 aromatic rings. The van der Waals surface area contributed by atoms with Gasteiger partial charge in [0.25, 0.3) is 5.91 Å². The third kappa shape index (κ3) is 5.60. The molecule has 2 bridgehead atoms. The zero-order valence-corrected chi connectivity index (χ0v) is 25.9. The molecule has 1 aromatic carbocycles. The molecule has 0 radical (unpaired) electrons. The van der Waals surface area contributed by atoms with E-state index < -0.39 is 65.6 Å². The number of amides is 1. The number of hydrogen-bond donors (Lipinski definition) is 5. The first-order valence-corrected chi connectivity index (χ1v) is 15.4. The van der Waals surface area contributed by atoms with Crippen molar-refractivity contribution in [2.45, 2.75) is 107 Å². The van der Waals surface area contributed by atoms with Crippen LogP contribution in [0.3, 0.4) is 0 Å². The second kappa shape index (κ2) is 12.3. The summed E-state index contributed by atoms with van der Waals surface area (Å²) in [4.78, 5) is 51.7. The van der Waals surface area contributed by atoms with Crippen LogP contribution in [0.15, 0.2) is 24.0 Å². The number of likely N-dealkylation sites (tertiary alicyclic amines) is 1. The van der Waals surface area contributed by atoms with E-state index in [4.69, 9.17) is 14.2 Å². The molecular weight excluding hydrogens is 588 g/mol. The van der Waals surface area contributed by atoms with Crippen LogP contribution in [-0.2, 0) is 47.1 Å². The van der Waals surface area contributed by atoms with E-state index >= 15 is 0 Å². The molecule has 5 N–H and O–H groups in total. The maximum absolute atomic E-state index is 13.1. The Balaban J connectivity index is 1.29. The first-order chi connectivity index (χ1) is 21.2. The number of carbonyl (C=O) groups is 4. The van der Waals surface area contributed by atoms with Crippen LogP contribution >= 0.6 is 0 Å². The number of hydrogen-bond acceptors (Lipinski definition) is 11. The summed E-state index contributed by atoms with van der Waals surface area (Å²) in [6.07, 6.45) is -1.24. The molecule has 0 unspecified atom stereocenters. The van der Waals surface area contributed by atoms with Crippen LogP contribution < -0.4 is 10.1 Å². The minimum absolute atomic E-state index is 0.0101. The van der Waals surface area contributed by atoms with Gasteiger partial charge in [-0.25, -0.2) is 9.59 Å². The minimum atomic E-state index is -1.94. The summed E-state index contributed by atoms with van der Waals surface area (Å²) in [7, 11) is 1.98. The van der Waals surface area contributed by atoms with Gasteiger partial charge >= 0.3 is 17.9 Å². The SMILES string of the molecule is CC(C)C[C@H](NC(=O)[C@H](C)OC(=O)C[C@H](O)C(=O)OC1=CC[C@@]2(O)[C@H]3Cc4ccc(CO)c5c4[C@@]2(CCCN3C)[C@H]1O5)C(=O)O. The molecule has 1 amide bonds. The van der Waals surface area contributed by atoms with Gasteiger partial charge in [-0.1, -0.05) is 26.0 Å². The third-order valence-electron chi connectivity index (χ3n) is 9.70. The Bertz CT molecular complexity index is 1410. The van der Waals surface area contributed by atoms with Gasteiger partial charge in [-0.2, -0.15) is 0 Å². The fourth-order valence-corrected chi connectivity index (χ4v) is 7.59. The molecule has 0 saturated carbocycles. The van der Waals surface area contributed by atoms with Crippen LogP contribution in [0.4, 0.5) is 0 Å². The smallest absolute Gasteiger partial charge is 0.340 e. The lowest BCUT2D eigenvalue weighted by atomic mass is 9.52. The molecule has 1 fully saturated rings. The Morgan fingerprint density at radius 1 is 1.20 bits per heavy atom. The highest BCUT2D eigenvalue weighted by molar-refractivity contribution is 5.88. The van der Waals surface area contributed by atoms with E-state index in [2.05, 4.69) is 10.2 Å². The number of benzene rings is 1. The van der Waals surface area contributed by atoms with Crippen molar-refractivity contribution >= 4 is 23.8 Å². The normalized spacial score (nSPS) is 28.5. The molecule has 1 spiro atoms. The van der Waals surface area contributed by atoms with Gasteiger partial charge in [0.2, 0.25) is 0 Å². The molecule has 45 heavy (non-hydrogen) atoms. The predicted octanol–water partition coefficient (Wildman–Crippen LogP) is 0.688. The number of aliphatic carboxylic acids is 1. The second-order valence-electron chi connectivity index (χ2n) is 13.1. The third-order valence-corrected chi connectivity index (χ3v) is 9.70. The van der Waals surface area contributed by atoms with Crippen LogP contribution in [0.1, 0.15) is 69.6 Å². The topological polar surface area (TPSA) is 192 Å². The van der Waals surface area contributed by atoms with Gasteiger partial charge in [0.05, 0.1) is 24.0 Å². The number of likely N-dealkylation sites (N-methyl/N-ethyl adjacent to an activating group) is 1. The summed E-state index contributed by atoms with van der Waals surface area (Å²) in [5, 5.41) is 44.8. The summed E-state index contributed by atoms with van der Waals surface area (Å²) in [5.74, 6) is -3.68. The summed E-state index contributed by atoms with van der Waals surface area (Å²) < 4.78 is 17.2. The van der Waals surface area contributed by atoms with Crippen molar-refractivity contribution in [2.75, 3.05) is 13.6 Å². The second-order valence-corrected chi connectivity index (χ2v) is 13.1. The zero-order valence-electron chi connectivity index (χ0n) is 25.9. The zero-order chi connectivity index (χ0) is 32.8. The van der Waals surface area contributed by atoms with Crippen LogP contribution in [0.2, 0.25) is 0 Å². The van der Waals surface area contributed by atoms with Crippen molar-refractivity contribution in [3.05, 3.63) is 40.7 Å². The van der Waals surface area contributed by atoms with E-state index in [0.717, 1.165) is 24.1 Å². The molecule has 5 rings (SSSR count). The molecule has 2 aliphatic heterocycles. The summed E-state index contributed by atoms with van der Waals surface area (Å²) in [6, 6.07) is 2.36. The Morgan fingerprint density at radius 3 is 2.60 bits per heavy atom. The number of ether oxygens (including phenoxy) is 3. The molecular formula is C32H42N2O11. The van der Waals surface area contributed by atoms with E-state index in [1.165, 1.54) is 6.92 Å². The van der Waals surface area contributed by atoms with Gasteiger partial charge in [0, 0.05) is 23.6 Å². The van der Waals surface area contributed by atoms with E-state index in [-0.39, 0.29) is 37.2 Å². The molecule has 1 saturated heterocycles. The number of aliphatic hydroxyl groups is 3. The van der Waals surface area contributed by atoms with Crippen molar-refractivity contribution < 1.29 is 53.8 Å². The van der Waals surface area contributed by atoms with Crippen molar-refractivity contribution in [3.8, 4) is 5.75 Å². The highest BCUT2D eigenvalue weighted by atomic mass is 16.6. The molecule has 2 heterocycles. The average Bonchev–Trinajstić information content (AvgIpc) is 3.31. The summed E-state index contributed by atoms with van der Waals surface area (Å²) in [5.41, 5.74) is 0.169. The monoisotopic (exact) mass is 630 g/mol. The fraction of sp³-hybridized carbons (Fsp3) is 0.625. The van der Waals surface area contributed by atoms with Gasteiger partial charge in [-0.15, -0.1) is 0 Å². The lowest BCUT2D eigenvalue weighted by Gasteiger charge is -2.56. The largest absolute Gasteiger partial charge is 0.481 e. The number of carbonyl (C=O) groups excluding carboxylic acids is 3. The van der Waals surface area contributed by atoms with E-state index in [0.29, 0.717) is 24.2 Å². The van der Waals surface area contributed by atoms with Crippen molar-refractivity contribution in [3.63, 3.8) is 0 Å².